The molecule has 0 bridgehead atoms. The second kappa shape index (κ2) is 11.0. The van der Waals surface area contributed by atoms with E-state index in [0.717, 1.165) is 27.0 Å². The Morgan fingerprint density at radius 3 is 1.59 bits per heavy atom. The Kier molecular flexibility index (Phi) is 7.57. The number of benzene rings is 4. The van der Waals surface area contributed by atoms with E-state index in [4.69, 9.17) is 9.48 Å². The maximum Gasteiger partial charge on any atom is 0.356 e. The Balaban J connectivity index is 2.09. The van der Waals surface area contributed by atoms with Crippen molar-refractivity contribution in [2.75, 3.05) is 6.61 Å². The molecule has 0 aliphatic heterocycles. The number of ether oxygens (including phenoxy) is 1. The molecule has 0 radical (unpaired) electrons. The molecule has 0 amide bonds. The molecule has 4 aromatic rings. The zero-order valence-corrected chi connectivity index (χ0v) is 20.4. The van der Waals surface area contributed by atoms with Gasteiger partial charge in [0.05, 0.1) is 13.7 Å². The van der Waals surface area contributed by atoms with Crippen molar-refractivity contribution in [3.05, 3.63) is 132 Å². The Hall–Kier alpha value is -3.68. The van der Waals surface area contributed by atoms with Gasteiger partial charge in [0.25, 0.3) is 0 Å². The molecule has 0 saturated carbocycles. The molecule has 0 saturated heterocycles. The average molecular weight is 466 g/mol. The van der Waals surface area contributed by atoms with Gasteiger partial charge in [-0.2, -0.15) is 0 Å². The number of hydrogen-bond donors (Lipinski definition) is 0. The molecule has 0 aliphatic rings. The number of nitrogens with zero attached hydrogens (tertiary/aromatic N) is 1. The van der Waals surface area contributed by atoms with Gasteiger partial charge in [0.2, 0.25) is 0 Å². The molecule has 0 fully saturated rings. The third-order valence-electron chi connectivity index (χ3n) is 5.51. The number of hydrogen-bond acceptors (Lipinski definition) is 3. The van der Waals surface area contributed by atoms with Crippen LogP contribution in [0.3, 0.4) is 0 Å². The summed E-state index contributed by atoms with van der Waals surface area (Å²) in [6.07, 6.45) is 1.83. The van der Waals surface area contributed by atoms with Crippen molar-refractivity contribution in [3.8, 4) is 0 Å². The fourth-order valence-electron chi connectivity index (χ4n) is 3.87. The van der Waals surface area contributed by atoms with E-state index in [9.17, 15) is 4.79 Å². The molecule has 4 heteroatoms. The normalized spacial score (nSPS) is 11.6. The zero-order valence-electron chi connectivity index (χ0n) is 19.5. The Bertz CT molecular complexity index is 1210. The van der Waals surface area contributed by atoms with Gasteiger partial charge in [-0.3, -0.25) is 0 Å². The van der Waals surface area contributed by atoms with Gasteiger partial charge in [-0.15, -0.1) is 0 Å². The molecule has 3 nitrogen and oxygen atoms in total. The first-order valence-corrected chi connectivity index (χ1v) is 13.1. The summed E-state index contributed by atoms with van der Waals surface area (Å²) < 4.78 is 10.8. The molecule has 34 heavy (non-hydrogen) atoms. The monoisotopic (exact) mass is 465 g/mol. The molecule has 0 heterocycles. The lowest BCUT2D eigenvalue weighted by Crippen LogP contribution is -2.26. The highest BCUT2D eigenvalue weighted by atomic mass is 31.2. The van der Waals surface area contributed by atoms with E-state index in [1.165, 1.54) is 0 Å². The van der Waals surface area contributed by atoms with Gasteiger partial charge in [-0.1, -0.05) is 121 Å². The first kappa shape index (κ1) is 23.5. The molecular formula is C30H28NO2P. The van der Waals surface area contributed by atoms with Gasteiger partial charge < -0.3 is 4.74 Å². The molecule has 0 aromatic heterocycles. The van der Waals surface area contributed by atoms with Gasteiger partial charge in [-0.25, -0.2) is 9.54 Å². The van der Waals surface area contributed by atoms with Gasteiger partial charge >= 0.3 is 5.97 Å². The summed E-state index contributed by atoms with van der Waals surface area (Å²) in [7, 11) is -2.58. The van der Waals surface area contributed by atoms with Crippen LogP contribution in [-0.4, -0.2) is 12.6 Å². The summed E-state index contributed by atoms with van der Waals surface area (Å²) in [5, 5.41) is 3.23. The van der Waals surface area contributed by atoms with Crippen LogP contribution in [0.2, 0.25) is 0 Å². The van der Waals surface area contributed by atoms with Crippen LogP contribution in [0, 0.1) is 6.92 Å². The average Bonchev–Trinajstić information content (AvgIpc) is 2.89. The second-order valence-corrected chi connectivity index (χ2v) is 10.9. The standard InChI is InChI=1S/C30H28NO2P/c1-3-33-30(32)29(23-25-21-19-24(2)20-22-25)31-34(26-13-7-4-8-14-26,27-15-9-5-10-16-27)28-17-11-6-12-18-28/h4-23H,3H2,1-2H3/b29-23-. The quantitative estimate of drug-likeness (QED) is 0.189. The summed E-state index contributed by atoms with van der Waals surface area (Å²) in [5.74, 6) is -0.421. The predicted octanol–water partition coefficient (Wildman–Crippen LogP) is 6.08. The van der Waals surface area contributed by atoms with E-state index in [2.05, 4.69) is 36.4 Å². The molecule has 0 unspecified atom stereocenters. The highest BCUT2D eigenvalue weighted by Gasteiger charge is 2.29. The van der Waals surface area contributed by atoms with Crippen molar-refractivity contribution in [2.24, 2.45) is 4.74 Å². The Morgan fingerprint density at radius 2 is 1.18 bits per heavy atom. The molecule has 0 aliphatic carbocycles. The molecule has 0 N–H and O–H groups in total. The maximum absolute atomic E-state index is 13.2. The zero-order chi connectivity index (χ0) is 23.8. The largest absolute Gasteiger partial charge is 0.461 e. The van der Waals surface area contributed by atoms with Crippen LogP contribution in [0.5, 0.6) is 0 Å². The molecular weight excluding hydrogens is 437 g/mol. The summed E-state index contributed by atoms with van der Waals surface area (Å²) in [5.41, 5.74) is 2.38. The minimum Gasteiger partial charge on any atom is -0.461 e. The minimum atomic E-state index is -2.58. The first-order chi connectivity index (χ1) is 16.6. The molecule has 4 aromatic carbocycles. The fourth-order valence-corrected chi connectivity index (χ4v) is 7.38. The smallest absolute Gasteiger partial charge is 0.356 e. The maximum atomic E-state index is 13.2. The topological polar surface area (TPSA) is 38.7 Å². The van der Waals surface area contributed by atoms with E-state index in [-0.39, 0.29) is 6.61 Å². The first-order valence-electron chi connectivity index (χ1n) is 11.4. The van der Waals surface area contributed by atoms with Crippen molar-refractivity contribution in [1.82, 2.24) is 0 Å². The van der Waals surface area contributed by atoms with E-state index >= 15 is 0 Å². The van der Waals surface area contributed by atoms with Crippen molar-refractivity contribution < 1.29 is 9.53 Å². The summed E-state index contributed by atoms with van der Waals surface area (Å²) >= 11 is 0. The van der Waals surface area contributed by atoms with Crippen LogP contribution >= 0.6 is 7.05 Å². The van der Waals surface area contributed by atoms with Crippen LogP contribution in [0.25, 0.3) is 6.08 Å². The van der Waals surface area contributed by atoms with Crippen LogP contribution in [0.4, 0.5) is 0 Å². The van der Waals surface area contributed by atoms with Crippen LogP contribution in [0.15, 0.2) is 126 Å². The van der Waals surface area contributed by atoms with Crippen molar-refractivity contribution in [3.63, 3.8) is 0 Å². The third kappa shape index (κ3) is 5.11. The number of carbonyl (C=O) groups is 1. The lowest BCUT2D eigenvalue weighted by atomic mass is 10.1. The SMILES string of the molecule is CCOC(=O)/C(=C/c1ccc(C)cc1)N=P(c1ccccc1)(c1ccccc1)c1ccccc1. The van der Waals surface area contributed by atoms with Gasteiger partial charge in [0, 0.05) is 15.9 Å². The second-order valence-electron chi connectivity index (χ2n) is 7.90. The summed E-state index contributed by atoms with van der Waals surface area (Å²) in [6, 6.07) is 38.8. The Labute approximate surface area is 201 Å². The van der Waals surface area contributed by atoms with Crippen LogP contribution < -0.4 is 15.9 Å². The molecule has 4 rings (SSSR count). The van der Waals surface area contributed by atoms with Crippen LogP contribution in [-0.2, 0) is 9.53 Å². The fraction of sp³-hybridized carbons (Fsp3) is 0.100. The lowest BCUT2D eigenvalue weighted by Gasteiger charge is -2.27. The minimum absolute atomic E-state index is 0.285. The summed E-state index contributed by atoms with van der Waals surface area (Å²) in [4.78, 5) is 13.2. The van der Waals surface area contributed by atoms with Gasteiger partial charge in [0.1, 0.15) is 5.70 Å². The number of aryl methyl sites for hydroxylation is 1. The van der Waals surface area contributed by atoms with E-state index in [1.54, 1.807) is 0 Å². The highest BCUT2D eigenvalue weighted by Crippen LogP contribution is 2.48. The van der Waals surface area contributed by atoms with E-state index < -0.39 is 13.0 Å². The molecule has 0 spiro atoms. The predicted molar refractivity (Wildman–Crippen MR) is 143 cm³/mol. The van der Waals surface area contributed by atoms with E-state index in [0.29, 0.717) is 5.70 Å². The number of esters is 1. The van der Waals surface area contributed by atoms with Crippen molar-refractivity contribution in [2.45, 2.75) is 13.8 Å². The van der Waals surface area contributed by atoms with E-state index in [1.807, 2.05) is 98.8 Å². The van der Waals surface area contributed by atoms with Crippen molar-refractivity contribution >= 4 is 35.0 Å². The third-order valence-corrected chi connectivity index (χ3v) is 9.16. The summed E-state index contributed by atoms with van der Waals surface area (Å²) in [6.45, 7) is 4.14. The number of rotatable bonds is 7. The Morgan fingerprint density at radius 1 is 0.735 bits per heavy atom. The van der Waals surface area contributed by atoms with Crippen molar-refractivity contribution in [1.29, 1.82) is 0 Å². The molecule has 170 valence electrons. The van der Waals surface area contributed by atoms with Gasteiger partial charge in [0.15, 0.2) is 0 Å². The van der Waals surface area contributed by atoms with Gasteiger partial charge in [-0.05, 0) is 25.5 Å². The number of carbonyl (C=O) groups excluding carboxylic acids is 1. The lowest BCUT2D eigenvalue weighted by molar-refractivity contribution is -0.138. The molecule has 0 atom stereocenters. The van der Waals surface area contributed by atoms with Crippen LogP contribution in [0.1, 0.15) is 18.1 Å². The highest BCUT2D eigenvalue weighted by molar-refractivity contribution is 7.87.